The van der Waals surface area contributed by atoms with Crippen LogP contribution >= 0.6 is 11.6 Å². The van der Waals surface area contributed by atoms with Gasteiger partial charge in [0.05, 0.1) is 22.0 Å². The molecule has 0 radical (unpaired) electrons. The number of nitrogens with zero attached hydrogens (tertiary/aromatic N) is 1. The van der Waals surface area contributed by atoms with Crippen LogP contribution in [0.2, 0.25) is 5.02 Å². The zero-order chi connectivity index (χ0) is 15.4. The summed E-state index contributed by atoms with van der Waals surface area (Å²) in [6.45, 7) is 4.51. The first-order valence-electron chi connectivity index (χ1n) is 6.97. The number of rotatable bonds is 4. The number of carbonyl (C=O) groups excluding carboxylic acids is 1. The topological polar surface area (TPSA) is 46.3 Å². The van der Waals surface area contributed by atoms with E-state index in [0.717, 1.165) is 17.7 Å². The van der Waals surface area contributed by atoms with Crippen molar-refractivity contribution in [1.82, 2.24) is 0 Å². The number of nitrogen functional groups attached to an aromatic ring is 1. The summed E-state index contributed by atoms with van der Waals surface area (Å²) < 4.78 is 0. The predicted octanol–water partition coefficient (Wildman–Crippen LogP) is 4.29. The molecule has 0 aliphatic carbocycles. The van der Waals surface area contributed by atoms with Crippen LogP contribution in [0.1, 0.15) is 29.3 Å². The Bertz CT molecular complexity index is 655. The number of nitrogens with two attached hydrogens (primary N) is 1. The lowest BCUT2D eigenvalue weighted by Gasteiger charge is -2.24. The lowest BCUT2D eigenvalue weighted by atomic mass is 10.1. The third-order valence-corrected chi connectivity index (χ3v) is 3.84. The van der Waals surface area contributed by atoms with Gasteiger partial charge in [-0.25, -0.2) is 0 Å². The third kappa shape index (κ3) is 3.19. The molecule has 0 bridgehead atoms. The van der Waals surface area contributed by atoms with Gasteiger partial charge in [-0.2, -0.15) is 0 Å². The molecule has 0 atom stereocenters. The summed E-state index contributed by atoms with van der Waals surface area (Å²) in [7, 11) is 0. The quantitative estimate of drug-likeness (QED) is 0.857. The van der Waals surface area contributed by atoms with Crippen molar-refractivity contribution in [3.05, 3.63) is 58.6 Å². The highest BCUT2D eigenvalue weighted by molar-refractivity contribution is 6.35. The molecule has 110 valence electrons. The molecule has 0 spiro atoms. The predicted molar refractivity (Wildman–Crippen MR) is 89.0 cm³/mol. The summed E-state index contributed by atoms with van der Waals surface area (Å²) in [5.41, 5.74) is 8.72. The third-order valence-electron chi connectivity index (χ3n) is 3.34. The Hall–Kier alpha value is -2.00. The van der Waals surface area contributed by atoms with Gasteiger partial charge in [0.25, 0.3) is 5.91 Å². The van der Waals surface area contributed by atoms with Gasteiger partial charge < -0.3 is 10.6 Å². The molecule has 2 aromatic rings. The first-order valence-corrected chi connectivity index (χ1v) is 7.35. The Morgan fingerprint density at radius 3 is 2.57 bits per heavy atom. The van der Waals surface area contributed by atoms with Crippen LogP contribution in [0.5, 0.6) is 0 Å². The Labute approximate surface area is 130 Å². The first-order chi connectivity index (χ1) is 10.1. The van der Waals surface area contributed by atoms with E-state index >= 15 is 0 Å². The highest BCUT2D eigenvalue weighted by Gasteiger charge is 2.21. The van der Waals surface area contributed by atoms with E-state index in [2.05, 4.69) is 0 Å². The molecule has 0 aromatic heterocycles. The fraction of sp³-hybridized carbons (Fsp3) is 0.235. The number of benzene rings is 2. The molecule has 0 heterocycles. The monoisotopic (exact) mass is 302 g/mol. The molecule has 2 N–H and O–H groups in total. The SMILES string of the molecule is CCCN(C(=O)c1cccc(C)c1Cl)c1ccccc1N. The lowest BCUT2D eigenvalue weighted by molar-refractivity contribution is 0.0987. The summed E-state index contributed by atoms with van der Waals surface area (Å²) in [4.78, 5) is 14.5. The number of amides is 1. The highest BCUT2D eigenvalue weighted by Crippen LogP contribution is 2.28. The molecule has 0 fully saturated rings. The molecule has 0 unspecified atom stereocenters. The number of hydrogen-bond donors (Lipinski definition) is 1. The second-order valence-corrected chi connectivity index (χ2v) is 5.33. The second-order valence-electron chi connectivity index (χ2n) is 4.95. The van der Waals surface area contributed by atoms with Crippen molar-refractivity contribution in [2.75, 3.05) is 17.2 Å². The number of para-hydroxylation sites is 2. The smallest absolute Gasteiger partial charge is 0.259 e. The number of carbonyl (C=O) groups is 1. The summed E-state index contributed by atoms with van der Waals surface area (Å²) in [5, 5.41) is 0.498. The van der Waals surface area contributed by atoms with Gasteiger partial charge >= 0.3 is 0 Å². The fourth-order valence-electron chi connectivity index (χ4n) is 2.25. The Kier molecular flexibility index (Phi) is 4.86. The van der Waals surface area contributed by atoms with E-state index in [9.17, 15) is 4.79 Å². The van der Waals surface area contributed by atoms with Gasteiger partial charge in [0.1, 0.15) is 0 Å². The zero-order valence-electron chi connectivity index (χ0n) is 12.3. The van der Waals surface area contributed by atoms with Gasteiger partial charge in [0.2, 0.25) is 0 Å². The Morgan fingerprint density at radius 2 is 1.90 bits per heavy atom. The maximum absolute atomic E-state index is 12.8. The van der Waals surface area contributed by atoms with E-state index in [4.69, 9.17) is 17.3 Å². The summed E-state index contributed by atoms with van der Waals surface area (Å²) in [6, 6.07) is 12.9. The average molecular weight is 303 g/mol. The van der Waals surface area contributed by atoms with Crippen LogP contribution in [0.4, 0.5) is 11.4 Å². The molecule has 4 heteroatoms. The van der Waals surface area contributed by atoms with Crippen molar-refractivity contribution < 1.29 is 4.79 Å². The van der Waals surface area contributed by atoms with Crippen molar-refractivity contribution >= 4 is 28.9 Å². The van der Waals surface area contributed by atoms with Crippen molar-refractivity contribution in [2.24, 2.45) is 0 Å². The van der Waals surface area contributed by atoms with Gasteiger partial charge in [-0.15, -0.1) is 0 Å². The summed E-state index contributed by atoms with van der Waals surface area (Å²) in [5.74, 6) is -0.122. The van der Waals surface area contributed by atoms with Crippen LogP contribution in [-0.4, -0.2) is 12.5 Å². The maximum atomic E-state index is 12.8. The molecular formula is C17H19ClN2O. The Morgan fingerprint density at radius 1 is 1.19 bits per heavy atom. The minimum atomic E-state index is -0.122. The molecule has 0 aliphatic rings. The second kappa shape index (κ2) is 6.64. The highest BCUT2D eigenvalue weighted by atomic mass is 35.5. The minimum absolute atomic E-state index is 0.122. The normalized spacial score (nSPS) is 10.4. The zero-order valence-corrected chi connectivity index (χ0v) is 13.0. The largest absolute Gasteiger partial charge is 0.397 e. The van der Waals surface area contributed by atoms with Crippen molar-refractivity contribution in [3.63, 3.8) is 0 Å². The number of anilines is 2. The maximum Gasteiger partial charge on any atom is 0.259 e. The molecule has 3 nitrogen and oxygen atoms in total. The molecule has 1 amide bonds. The van der Waals surface area contributed by atoms with Gasteiger partial charge in [0, 0.05) is 6.54 Å². The van der Waals surface area contributed by atoms with Gasteiger partial charge in [0.15, 0.2) is 0 Å². The number of hydrogen-bond acceptors (Lipinski definition) is 2. The summed E-state index contributed by atoms with van der Waals surface area (Å²) >= 11 is 6.28. The minimum Gasteiger partial charge on any atom is -0.397 e. The summed E-state index contributed by atoms with van der Waals surface area (Å²) in [6.07, 6.45) is 0.837. The Balaban J connectivity index is 2.46. The van der Waals surface area contributed by atoms with Gasteiger partial charge in [-0.3, -0.25) is 4.79 Å². The molecular weight excluding hydrogens is 284 g/mol. The molecule has 0 aliphatic heterocycles. The van der Waals surface area contributed by atoms with Crippen LogP contribution in [0, 0.1) is 6.92 Å². The molecule has 0 saturated heterocycles. The molecule has 21 heavy (non-hydrogen) atoms. The van der Waals surface area contributed by atoms with Crippen LogP contribution in [0.15, 0.2) is 42.5 Å². The van der Waals surface area contributed by atoms with E-state index in [0.29, 0.717) is 22.8 Å². The standard InChI is InChI=1S/C17H19ClN2O/c1-3-11-20(15-10-5-4-9-14(15)19)17(21)13-8-6-7-12(2)16(13)18/h4-10H,3,11,19H2,1-2H3. The van der Waals surface area contributed by atoms with Crippen molar-refractivity contribution in [1.29, 1.82) is 0 Å². The number of halogens is 1. The van der Waals surface area contributed by atoms with Gasteiger partial charge in [-0.05, 0) is 37.1 Å². The van der Waals surface area contributed by atoms with Crippen LogP contribution in [-0.2, 0) is 0 Å². The van der Waals surface area contributed by atoms with Crippen LogP contribution in [0.3, 0.4) is 0 Å². The number of aryl methyl sites for hydroxylation is 1. The van der Waals surface area contributed by atoms with Crippen LogP contribution < -0.4 is 10.6 Å². The molecule has 2 rings (SSSR count). The fourth-order valence-corrected chi connectivity index (χ4v) is 2.45. The van der Waals surface area contributed by atoms with Gasteiger partial charge in [-0.1, -0.05) is 42.8 Å². The van der Waals surface area contributed by atoms with E-state index in [-0.39, 0.29) is 5.91 Å². The molecule has 0 saturated carbocycles. The van der Waals surface area contributed by atoms with E-state index in [1.54, 1.807) is 17.0 Å². The lowest BCUT2D eigenvalue weighted by Crippen LogP contribution is -2.32. The molecule has 2 aromatic carbocycles. The van der Waals surface area contributed by atoms with E-state index in [1.165, 1.54) is 0 Å². The van der Waals surface area contributed by atoms with Crippen LogP contribution in [0.25, 0.3) is 0 Å². The van der Waals surface area contributed by atoms with E-state index < -0.39 is 0 Å². The van der Waals surface area contributed by atoms with Crippen molar-refractivity contribution in [3.8, 4) is 0 Å². The first kappa shape index (κ1) is 15.4. The average Bonchev–Trinajstić information content (AvgIpc) is 2.48. The van der Waals surface area contributed by atoms with E-state index in [1.807, 2.05) is 44.2 Å². The van der Waals surface area contributed by atoms with Crippen molar-refractivity contribution in [2.45, 2.75) is 20.3 Å².